The lowest BCUT2D eigenvalue weighted by molar-refractivity contribution is 0.293. The lowest BCUT2D eigenvalue weighted by atomic mass is 10.1. The molecule has 1 saturated heterocycles. The van der Waals surface area contributed by atoms with Gasteiger partial charge in [-0.15, -0.1) is 0 Å². The summed E-state index contributed by atoms with van der Waals surface area (Å²) < 4.78 is 51.8. The molecule has 1 atom stereocenters. The minimum atomic E-state index is -3.76. The zero-order valence-electron chi connectivity index (χ0n) is 15.6. The molecule has 0 spiro atoms. The van der Waals surface area contributed by atoms with Crippen LogP contribution in [-0.2, 0) is 19.9 Å². The number of aryl methyl sites for hydroxylation is 3. The zero-order chi connectivity index (χ0) is 19.0. The van der Waals surface area contributed by atoms with Crippen molar-refractivity contribution in [3.05, 3.63) is 28.8 Å². The third kappa shape index (κ3) is 4.61. The maximum absolute atomic E-state index is 13.3. The molecule has 1 aliphatic rings. The van der Waals surface area contributed by atoms with Crippen molar-refractivity contribution in [1.82, 2.24) is 9.21 Å². The molecule has 0 N–H and O–H groups in total. The zero-order valence-corrected chi connectivity index (χ0v) is 17.2. The quantitative estimate of drug-likeness (QED) is 0.735. The summed E-state index contributed by atoms with van der Waals surface area (Å²) in [5.74, 6) is -0.0406. The Morgan fingerprint density at radius 3 is 2.16 bits per heavy atom. The van der Waals surface area contributed by atoms with Crippen LogP contribution in [0.5, 0.6) is 0 Å². The molecule has 6 nitrogen and oxygen atoms in total. The molecule has 142 valence electrons. The number of sulfone groups is 1. The molecular weight excluding hydrogens is 360 g/mol. The van der Waals surface area contributed by atoms with Crippen molar-refractivity contribution in [2.75, 3.05) is 38.7 Å². The second-order valence-corrected chi connectivity index (χ2v) is 11.3. The smallest absolute Gasteiger partial charge is 0.243 e. The summed E-state index contributed by atoms with van der Waals surface area (Å²) in [5.41, 5.74) is 2.65. The second-order valence-electron chi connectivity index (χ2n) is 7.18. The third-order valence-electron chi connectivity index (χ3n) is 4.76. The first-order valence-electron chi connectivity index (χ1n) is 8.39. The summed E-state index contributed by atoms with van der Waals surface area (Å²) in [6.45, 7) is 6.44. The van der Waals surface area contributed by atoms with E-state index in [1.807, 2.05) is 38.9 Å². The number of hydrogen-bond donors (Lipinski definition) is 0. The molecule has 25 heavy (non-hydrogen) atoms. The molecule has 1 aromatic rings. The number of sulfonamides is 1. The van der Waals surface area contributed by atoms with Crippen molar-refractivity contribution in [2.45, 2.75) is 38.1 Å². The van der Waals surface area contributed by atoms with Crippen LogP contribution in [-0.4, -0.2) is 70.8 Å². The molecule has 0 bridgehead atoms. The number of benzene rings is 1. The van der Waals surface area contributed by atoms with Crippen molar-refractivity contribution in [3.63, 3.8) is 0 Å². The Hall–Kier alpha value is -0.960. The van der Waals surface area contributed by atoms with Crippen LogP contribution in [0.25, 0.3) is 0 Å². The third-order valence-corrected chi connectivity index (χ3v) is 8.61. The highest BCUT2D eigenvalue weighted by atomic mass is 32.2. The molecule has 0 amide bonds. The molecule has 0 radical (unpaired) electrons. The largest absolute Gasteiger partial charge is 0.308 e. The first kappa shape index (κ1) is 20.4. The predicted molar refractivity (Wildman–Crippen MR) is 100 cm³/mol. The van der Waals surface area contributed by atoms with Gasteiger partial charge < -0.3 is 4.90 Å². The lowest BCUT2D eigenvalue weighted by Gasteiger charge is -2.29. The molecule has 1 aliphatic heterocycles. The number of likely N-dealkylation sites (N-methyl/N-ethyl adjacent to an activating group) is 1. The summed E-state index contributed by atoms with van der Waals surface area (Å²) in [6, 6.07) is 3.08. The second kappa shape index (κ2) is 7.34. The summed E-state index contributed by atoms with van der Waals surface area (Å²) in [5, 5.41) is 0. The van der Waals surface area contributed by atoms with Crippen molar-refractivity contribution in [2.24, 2.45) is 0 Å². The fourth-order valence-electron chi connectivity index (χ4n) is 3.14. The normalized spacial score (nSPS) is 20.5. The lowest BCUT2D eigenvalue weighted by Crippen LogP contribution is -2.44. The fraction of sp³-hybridized carbons (Fsp3) is 0.647. The van der Waals surface area contributed by atoms with Crippen LogP contribution in [0.2, 0.25) is 0 Å². The van der Waals surface area contributed by atoms with Gasteiger partial charge in [-0.05, 0) is 64.0 Å². The minimum Gasteiger partial charge on any atom is -0.308 e. The van der Waals surface area contributed by atoms with E-state index in [0.717, 1.165) is 11.1 Å². The van der Waals surface area contributed by atoms with E-state index in [2.05, 4.69) is 0 Å². The molecule has 0 unspecified atom stereocenters. The van der Waals surface area contributed by atoms with Crippen LogP contribution in [0.15, 0.2) is 17.0 Å². The van der Waals surface area contributed by atoms with Gasteiger partial charge in [0.05, 0.1) is 16.4 Å². The molecular formula is C17H28N2O4S2. The molecule has 1 heterocycles. The Morgan fingerprint density at radius 1 is 1.04 bits per heavy atom. The molecule has 0 aromatic heterocycles. The van der Waals surface area contributed by atoms with Crippen molar-refractivity contribution >= 4 is 19.9 Å². The van der Waals surface area contributed by atoms with Gasteiger partial charge in [0, 0.05) is 19.1 Å². The number of hydrogen-bond acceptors (Lipinski definition) is 5. The average Bonchev–Trinajstić information content (AvgIpc) is 2.82. The Kier molecular flexibility index (Phi) is 5.98. The standard InChI is InChI=1S/C17H28N2O4S2/c1-13-10-15(3)17(11-14(13)2)25(22,23)19(8-7-18(4)5)16-6-9-24(20,21)12-16/h10-11,16H,6-9,12H2,1-5H3/t16-/m1/s1. The van der Waals surface area contributed by atoms with E-state index in [-0.39, 0.29) is 22.9 Å². The van der Waals surface area contributed by atoms with E-state index in [0.29, 0.717) is 18.5 Å². The van der Waals surface area contributed by atoms with Gasteiger partial charge in [0.15, 0.2) is 9.84 Å². The van der Waals surface area contributed by atoms with Gasteiger partial charge in [-0.3, -0.25) is 0 Å². The Labute approximate surface area is 151 Å². The van der Waals surface area contributed by atoms with Crippen LogP contribution < -0.4 is 0 Å². The Morgan fingerprint density at radius 2 is 1.64 bits per heavy atom. The van der Waals surface area contributed by atoms with Gasteiger partial charge in [0.1, 0.15) is 0 Å². The van der Waals surface area contributed by atoms with E-state index in [1.54, 1.807) is 13.0 Å². The summed E-state index contributed by atoms with van der Waals surface area (Å²) in [4.78, 5) is 2.18. The van der Waals surface area contributed by atoms with Crippen LogP contribution in [0.4, 0.5) is 0 Å². The van der Waals surface area contributed by atoms with Gasteiger partial charge in [-0.1, -0.05) is 6.07 Å². The first-order valence-corrected chi connectivity index (χ1v) is 11.6. The average molecular weight is 389 g/mol. The van der Waals surface area contributed by atoms with Gasteiger partial charge in [0.2, 0.25) is 10.0 Å². The predicted octanol–water partition coefficient (Wildman–Crippen LogP) is 1.35. The molecule has 1 fully saturated rings. The molecule has 0 saturated carbocycles. The minimum absolute atomic E-state index is 0.0531. The van der Waals surface area contributed by atoms with Crippen molar-refractivity contribution in [3.8, 4) is 0 Å². The van der Waals surface area contributed by atoms with Crippen LogP contribution in [0.3, 0.4) is 0 Å². The van der Waals surface area contributed by atoms with Gasteiger partial charge in [0.25, 0.3) is 0 Å². The number of rotatable bonds is 6. The topological polar surface area (TPSA) is 74.8 Å². The summed E-state index contributed by atoms with van der Waals surface area (Å²) in [6.07, 6.45) is 0.360. The van der Waals surface area contributed by atoms with Gasteiger partial charge in [-0.2, -0.15) is 4.31 Å². The van der Waals surface area contributed by atoms with Crippen molar-refractivity contribution < 1.29 is 16.8 Å². The van der Waals surface area contributed by atoms with E-state index in [9.17, 15) is 16.8 Å². The van der Waals surface area contributed by atoms with E-state index >= 15 is 0 Å². The maximum Gasteiger partial charge on any atom is 0.243 e. The number of nitrogens with zero attached hydrogens (tertiary/aromatic N) is 2. The van der Waals surface area contributed by atoms with E-state index in [4.69, 9.17) is 0 Å². The Balaban J connectivity index is 2.46. The Bertz CT molecular complexity index is 846. The first-order chi connectivity index (χ1) is 11.4. The monoisotopic (exact) mass is 388 g/mol. The van der Waals surface area contributed by atoms with Crippen LogP contribution >= 0.6 is 0 Å². The van der Waals surface area contributed by atoms with E-state index in [1.165, 1.54) is 4.31 Å². The fourth-order valence-corrected chi connectivity index (χ4v) is 6.90. The molecule has 0 aliphatic carbocycles. The maximum atomic E-state index is 13.3. The van der Waals surface area contributed by atoms with Gasteiger partial charge in [-0.25, -0.2) is 16.8 Å². The van der Waals surface area contributed by atoms with Crippen LogP contribution in [0.1, 0.15) is 23.1 Å². The van der Waals surface area contributed by atoms with Crippen LogP contribution in [0, 0.1) is 20.8 Å². The highest BCUT2D eigenvalue weighted by Gasteiger charge is 2.39. The molecule has 2 rings (SSSR count). The van der Waals surface area contributed by atoms with E-state index < -0.39 is 25.9 Å². The van der Waals surface area contributed by atoms with Crippen molar-refractivity contribution in [1.29, 1.82) is 0 Å². The molecule has 8 heteroatoms. The highest BCUT2D eigenvalue weighted by Crippen LogP contribution is 2.28. The highest BCUT2D eigenvalue weighted by molar-refractivity contribution is 7.92. The summed E-state index contributed by atoms with van der Waals surface area (Å²) in [7, 11) is -3.18. The van der Waals surface area contributed by atoms with Gasteiger partial charge >= 0.3 is 0 Å². The summed E-state index contributed by atoms with van der Waals surface area (Å²) >= 11 is 0. The SMILES string of the molecule is Cc1cc(C)c(S(=O)(=O)N(CCN(C)C)[C@@H]2CCS(=O)(=O)C2)cc1C. The molecule has 1 aromatic carbocycles.